The summed E-state index contributed by atoms with van der Waals surface area (Å²) in [7, 11) is 0. The van der Waals surface area contributed by atoms with E-state index in [2.05, 4.69) is 36.3 Å². The summed E-state index contributed by atoms with van der Waals surface area (Å²) >= 11 is 3.40. The number of nitrogens with zero attached hydrogens (tertiary/aromatic N) is 3. The van der Waals surface area contributed by atoms with Crippen LogP contribution in [0.2, 0.25) is 0 Å². The van der Waals surface area contributed by atoms with Gasteiger partial charge in [0, 0.05) is 35.9 Å². The van der Waals surface area contributed by atoms with Crippen LogP contribution in [0.25, 0.3) is 0 Å². The van der Waals surface area contributed by atoms with Crippen LogP contribution < -0.4 is 10.2 Å². The summed E-state index contributed by atoms with van der Waals surface area (Å²) in [5, 5.41) is 15.0. The van der Waals surface area contributed by atoms with E-state index in [4.69, 9.17) is 14.4 Å². The van der Waals surface area contributed by atoms with Gasteiger partial charge < -0.3 is 24.6 Å². The molecule has 28 heavy (non-hydrogen) atoms. The molecule has 0 radical (unpaired) electrons. The van der Waals surface area contributed by atoms with E-state index in [-0.39, 0.29) is 29.5 Å². The van der Waals surface area contributed by atoms with Crippen molar-refractivity contribution in [3.05, 3.63) is 40.3 Å². The van der Waals surface area contributed by atoms with E-state index in [1.807, 2.05) is 12.1 Å². The smallest absolute Gasteiger partial charge is 0.407 e. The van der Waals surface area contributed by atoms with Crippen molar-refractivity contribution in [2.24, 2.45) is 5.41 Å². The molecule has 2 aliphatic rings. The van der Waals surface area contributed by atoms with Gasteiger partial charge in [-0.05, 0) is 52.7 Å². The van der Waals surface area contributed by atoms with Gasteiger partial charge in [-0.2, -0.15) is 0 Å². The zero-order chi connectivity index (χ0) is 19.7. The number of hydrogen-bond acceptors (Lipinski definition) is 7. The normalized spacial score (nSPS) is 23.5. The molecular formula is C18H19BrN4O5. The molecule has 1 amide bonds. The number of hydrogen-bond donors (Lipinski definition) is 2. The average molecular weight is 451 g/mol. The van der Waals surface area contributed by atoms with E-state index in [9.17, 15) is 9.59 Å². The molecule has 3 heterocycles. The van der Waals surface area contributed by atoms with Crippen LogP contribution >= 0.6 is 15.9 Å². The van der Waals surface area contributed by atoms with E-state index in [0.29, 0.717) is 0 Å². The van der Waals surface area contributed by atoms with E-state index >= 15 is 0 Å². The maximum Gasteiger partial charge on any atom is 0.407 e. The van der Waals surface area contributed by atoms with Crippen molar-refractivity contribution < 1.29 is 24.0 Å². The van der Waals surface area contributed by atoms with Gasteiger partial charge in [0.2, 0.25) is 0 Å². The van der Waals surface area contributed by atoms with Crippen LogP contribution in [-0.2, 0) is 11.3 Å². The molecule has 0 unspecified atom stereocenters. The number of carbonyl (C=O) groups excluding carboxylic acids is 1. The molecule has 1 spiro atoms. The number of aromatic nitrogens is 2. The van der Waals surface area contributed by atoms with Gasteiger partial charge in [-0.15, -0.1) is 0 Å². The third-order valence-corrected chi connectivity index (χ3v) is 5.75. The quantitative estimate of drug-likeness (QED) is 0.713. The van der Waals surface area contributed by atoms with E-state index < -0.39 is 12.1 Å². The summed E-state index contributed by atoms with van der Waals surface area (Å²) in [6.07, 6.45) is 4.14. The molecule has 9 nitrogen and oxygen atoms in total. The summed E-state index contributed by atoms with van der Waals surface area (Å²) < 4.78 is 10.8. The van der Waals surface area contributed by atoms with Crippen molar-refractivity contribution in [1.29, 1.82) is 0 Å². The maximum atomic E-state index is 11.9. The Morgan fingerprint density at radius 2 is 2.25 bits per heavy atom. The number of rotatable bonds is 5. The third-order valence-electron chi connectivity index (χ3n) is 5.28. The first-order chi connectivity index (χ1) is 13.4. The maximum absolute atomic E-state index is 11.9. The Kier molecular flexibility index (Phi) is 4.96. The number of amides is 1. The van der Waals surface area contributed by atoms with Crippen molar-refractivity contribution in [3.8, 4) is 0 Å². The van der Waals surface area contributed by atoms with Crippen molar-refractivity contribution in [3.63, 3.8) is 0 Å². The Balaban J connectivity index is 1.21. The Morgan fingerprint density at radius 3 is 2.93 bits per heavy atom. The lowest BCUT2D eigenvalue weighted by molar-refractivity contribution is 0.0683. The minimum atomic E-state index is -1.19. The first-order valence-corrected chi connectivity index (χ1v) is 9.70. The van der Waals surface area contributed by atoms with Gasteiger partial charge in [0.25, 0.3) is 0 Å². The molecule has 148 valence electrons. The minimum absolute atomic E-state index is 0.0784. The molecule has 2 aromatic heterocycles. The molecule has 0 atom stereocenters. The molecule has 2 fully saturated rings. The number of carboxylic acids is 1. The molecule has 1 saturated heterocycles. The molecule has 1 aliphatic carbocycles. The van der Waals surface area contributed by atoms with E-state index in [1.54, 1.807) is 6.20 Å². The van der Waals surface area contributed by atoms with Crippen LogP contribution in [0.5, 0.6) is 0 Å². The van der Waals surface area contributed by atoms with E-state index in [1.165, 1.54) is 6.07 Å². The number of pyridine rings is 1. The lowest BCUT2D eigenvalue weighted by Crippen LogP contribution is -2.52. The fourth-order valence-electron chi connectivity index (χ4n) is 3.93. The third kappa shape index (κ3) is 3.96. The largest absolute Gasteiger partial charge is 0.476 e. The Hall–Kier alpha value is -2.62. The molecule has 1 saturated carbocycles. The molecule has 4 rings (SSSR count). The zero-order valence-corrected chi connectivity index (χ0v) is 16.5. The number of alkyl carbamates (subject to hydrolysis) is 1. The van der Waals surface area contributed by atoms with Gasteiger partial charge in [0.05, 0.1) is 0 Å². The van der Waals surface area contributed by atoms with Gasteiger partial charge in [0.1, 0.15) is 5.82 Å². The summed E-state index contributed by atoms with van der Waals surface area (Å²) in [5.74, 6) is -0.0297. The molecule has 0 bridgehead atoms. The molecule has 2 aromatic rings. The Morgan fingerprint density at radius 1 is 1.43 bits per heavy atom. The van der Waals surface area contributed by atoms with Crippen LogP contribution in [0.3, 0.4) is 0 Å². The standard InChI is InChI=1S/C18H19BrN4O5/c19-11-1-2-15(20-8-11)23-4-3-18(10-23)6-12(7-18)21-17(26)27-9-13-5-14(16(24)25)22-28-13/h1-2,5,8,12H,3-4,6-7,9-10H2,(H,21,26)(H,24,25). The summed E-state index contributed by atoms with van der Waals surface area (Å²) in [6.45, 7) is 1.74. The highest BCUT2D eigenvalue weighted by atomic mass is 79.9. The number of carboxylic acid groups (broad SMARTS) is 1. The number of aromatic carboxylic acids is 1. The second kappa shape index (κ2) is 7.42. The van der Waals surface area contributed by atoms with Gasteiger partial charge >= 0.3 is 12.1 Å². The van der Waals surface area contributed by atoms with Crippen LogP contribution in [0.4, 0.5) is 10.6 Å². The fraction of sp³-hybridized carbons (Fsp3) is 0.444. The Bertz CT molecular complexity index is 878. The number of ether oxygens (including phenoxy) is 1. The molecule has 10 heteroatoms. The second-order valence-electron chi connectivity index (χ2n) is 7.32. The monoisotopic (exact) mass is 450 g/mol. The lowest BCUT2D eigenvalue weighted by Gasteiger charge is -2.45. The van der Waals surface area contributed by atoms with Gasteiger partial charge in [-0.3, -0.25) is 0 Å². The predicted octanol–water partition coefficient (Wildman–Crippen LogP) is 2.82. The van der Waals surface area contributed by atoms with Crippen molar-refractivity contribution in [2.75, 3.05) is 18.0 Å². The summed E-state index contributed by atoms with van der Waals surface area (Å²) in [4.78, 5) is 29.4. The van der Waals surface area contributed by atoms with Crippen molar-refractivity contribution in [2.45, 2.75) is 31.9 Å². The number of nitrogens with one attached hydrogen (secondary N) is 1. The van der Waals surface area contributed by atoms with E-state index in [0.717, 1.165) is 42.6 Å². The summed E-state index contributed by atoms with van der Waals surface area (Å²) in [5.41, 5.74) is -0.000382. The highest BCUT2D eigenvalue weighted by Crippen LogP contribution is 2.48. The lowest BCUT2D eigenvalue weighted by atomic mass is 9.65. The molecule has 0 aromatic carbocycles. The van der Waals surface area contributed by atoms with Gasteiger partial charge in [0.15, 0.2) is 18.1 Å². The highest BCUT2D eigenvalue weighted by molar-refractivity contribution is 9.10. The second-order valence-corrected chi connectivity index (χ2v) is 8.23. The SMILES string of the molecule is O=C(NC1CC2(CCN(c3ccc(Br)cn3)C2)C1)OCc1cc(C(=O)O)no1. The first-order valence-electron chi connectivity index (χ1n) is 8.91. The topological polar surface area (TPSA) is 118 Å². The van der Waals surface area contributed by atoms with Crippen molar-refractivity contribution in [1.82, 2.24) is 15.5 Å². The minimum Gasteiger partial charge on any atom is -0.476 e. The van der Waals surface area contributed by atoms with Crippen molar-refractivity contribution >= 4 is 33.8 Å². The number of anilines is 1. The number of carbonyl (C=O) groups is 2. The molecule has 2 N–H and O–H groups in total. The molecule has 1 aliphatic heterocycles. The van der Waals surface area contributed by atoms with Crippen LogP contribution in [0.15, 0.2) is 33.4 Å². The fourth-order valence-corrected chi connectivity index (χ4v) is 4.17. The Labute approximate surface area is 169 Å². The zero-order valence-electron chi connectivity index (χ0n) is 14.9. The van der Waals surface area contributed by atoms with Crippen LogP contribution in [0, 0.1) is 5.41 Å². The molecular weight excluding hydrogens is 432 g/mol. The van der Waals surface area contributed by atoms with Gasteiger partial charge in [-0.25, -0.2) is 14.6 Å². The van der Waals surface area contributed by atoms with Crippen LogP contribution in [-0.4, -0.2) is 46.4 Å². The predicted molar refractivity (Wildman–Crippen MR) is 101 cm³/mol. The average Bonchev–Trinajstić information content (AvgIpc) is 3.28. The summed E-state index contributed by atoms with van der Waals surface area (Å²) in [6, 6.07) is 5.31. The number of halogens is 1. The first kappa shape index (κ1) is 18.7. The van der Waals surface area contributed by atoms with Crippen LogP contribution in [0.1, 0.15) is 35.5 Å². The van der Waals surface area contributed by atoms with Gasteiger partial charge in [-0.1, -0.05) is 5.16 Å². The highest BCUT2D eigenvalue weighted by Gasteiger charge is 2.49.